The lowest BCUT2D eigenvalue weighted by molar-refractivity contribution is -0.135. The molecule has 0 saturated carbocycles. The van der Waals surface area contributed by atoms with Crippen molar-refractivity contribution in [1.29, 1.82) is 0 Å². The van der Waals surface area contributed by atoms with E-state index in [1.54, 1.807) is 24.3 Å². The Morgan fingerprint density at radius 2 is 2.14 bits per heavy atom. The van der Waals surface area contributed by atoms with Gasteiger partial charge in [0.05, 0.1) is 6.54 Å². The molecule has 1 amide bonds. The molecule has 0 spiro atoms. The van der Waals surface area contributed by atoms with Gasteiger partial charge in [-0.3, -0.25) is 14.6 Å². The minimum atomic E-state index is -1.08. The van der Waals surface area contributed by atoms with Crippen molar-refractivity contribution in [2.24, 2.45) is 4.99 Å². The minimum absolute atomic E-state index is 0.393. The van der Waals surface area contributed by atoms with Crippen molar-refractivity contribution >= 4 is 23.5 Å². The van der Waals surface area contributed by atoms with Gasteiger partial charge >= 0.3 is 5.97 Å². The van der Waals surface area contributed by atoms with E-state index < -0.39 is 18.4 Å². The smallest absolute Gasteiger partial charge is 0.322 e. The van der Waals surface area contributed by atoms with Crippen molar-refractivity contribution in [2.75, 3.05) is 25.0 Å². The highest BCUT2D eigenvalue weighted by atomic mass is 16.4. The standard InChI is InChI=1S/C12H14N4O3.C2H6/c17-10(18)7-15-11(19)8-2-1-3-9(6-8)16-12-13-4-5-14-12;1-2/h1-3,6H,4-5,7H2,(H,15,19)(H,17,18)(H2,13,14,16);1-2H3. The summed E-state index contributed by atoms with van der Waals surface area (Å²) in [5, 5.41) is 16.9. The molecule has 0 atom stereocenters. The zero-order valence-corrected chi connectivity index (χ0v) is 12.1. The fourth-order valence-electron chi connectivity index (χ4n) is 1.61. The number of nitrogens with zero attached hydrogens (tertiary/aromatic N) is 1. The first-order valence-electron chi connectivity index (χ1n) is 6.80. The van der Waals surface area contributed by atoms with Gasteiger partial charge < -0.3 is 21.1 Å². The molecule has 7 heteroatoms. The summed E-state index contributed by atoms with van der Waals surface area (Å²) in [5.74, 6) is -0.831. The third kappa shape index (κ3) is 5.52. The molecule has 0 unspecified atom stereocenters. The molecule has 1 heterocycles. The summed E-state index contributed by atoms with van der Waals surface area (Å²) in [5.41, 5.74) is 1.11. The Labute approximate surface area is 123 Å². The van der Waals surface area contributed by atoms with Crippen LogP contribution in [0.25, 0.3) is 0 Å². The van der Waals surface area contributed by atoms with Crippen LogP contribution in [0.4, 0.5) is 5.69 Å². The Morgan fingerprint density at radius 3 is 2.76 bits per heavy atom. The predicted molar refractivity (Wildman–Crippen MR) is 81.7 cm³/mol. The zero-order valence-electron chi connectivity index (χ0n) is 12.1. The molecule has 1 aromatic carbocycles. The van der Waals surface area contributed by atoms with Crippen LogP contribution in [0.1, 0.15) is 24.2 Å². The number of hydrogen-bond donors (Lipinski definition) is 4. The van der Waals surface area contributed by atoms with E-state index in [1.807, 2.05) is 13.8 Å². The van der Waals surface area contributed by atoms with E-state index in [-0.39, 0.29) is 0 Å². The average molecular weight is 292 g/mol. The van der Waals surface area contributed by atoms with Crippen LogP contribution in [-0.2, 0) is 4.79 Å². The van der Waals surface area contributed by atoms with Gasteiger partial charge in [0.1, 0.15) is 6.54 Å². The largest absolute Gasteiger partial charge is 0.480 e. The number of nitrogens with one attached hydrogen (secondary N) is 3. The van der Waals surface area contributed by atoms with E-state index in [9.17, 15) is 9.59 Å². The number of anilines is 1. The lowest BCUT2D eigenvalue weighted by Crippen LogP contribution is -2.29. The van der Waals surface area contributed by atoms with Gasteiger partial charge in [0.15, 0.2) is 5.96 Å². The second-order valence-electron chi connectivity index (χ2n) is 3.94. The number of amides is 1. The number of carboxylic acids is 1. The Morgan fingerprint density at radius 1 is 1.38 bits per heavy atom. The summed E-state index contributed by atoms with van der Waals surface area (Å²) >= 11 is 0. The average Bonchev–Trinajstić information content (AvgIpc) is 3.00. The lowest BCUT2D eigenvalue weighted by Gasteiger charge is -2.08. The molecule has 2 rings (SSSR count). The number of benzene rings is 1. The maximum absolute atomic E-state index is 11.7. The minimum Gasteiger partial charge on any atom is -0.480 e. The van der Waals surface area contributed by atoms with Gasteiger partial charge in [-0.15, -0.1) is 0 Å². The van der Waals surface area contributed by atoms with Gasteiger partial charge in [-0.05, 0) is 18.2 Å². The first-order valence-corrected chi connectivity index (χ1v) is 6.80. The van der Waals surface area contributed by atoms with Crippen LogP contribution in [0.2, 0.25) is 0 Å². The quantitative estimate of drug-likeness (QED) is 0.660. The molecule has 1 aromatic rings. The number of aliphatic imine (C=N–C) groups is 1. The van der Waals surface area contributed by atoms with Crippen molar-refractivity contribution in [3.05, 3.63) is 29.8 Å². The molecular weight excluding hydrogens is 272 g/mol. The summed E-state index contributed by atoms with van der Waals surface area (Å²) in [4.78, 5) is 26.3. The molecule has 4 N–H and O–H groups in total. The summed E-state index contributed by atoms with van der Waals surface area (Å²) < 4.78 is 0. The molecule has 0 bridgehead atoms. The van der Waals surface area contributed by atoms with Gasteiger partial charge in [0.25, 0.3) is 5.91 Å². The number of guanidine groups is 1. The van der Waals surface area contributed by atoms with Crippen molar-refractivity contribution < 1.29 is 14.7 Å². The Bertz CT molecular complexity index is 529. The van der Waals surface area contributed by atoms with Crippen molar-refractivity contribution in [2.45, 2.75) is 13.8 Å². The molecule has 114 valence electrons. The van der Waals surface area contributed by atoms with E-state index in [1.165, 1.54) is 0 Å². The highest BCUT2D eigenvalue weighted by Crippen LogP contribution is 2.10. The molecule has 0 fully saturated rings. The number of carboxylic acid groups (broad SMARTS) is 1. The molecule has 0 aliphatic carbocycles. The molecule has 0 aromatic heterocycles. The molecule has 21 heavy (non-hydrogen) atoms. The normalized spacial score (nSPS) is 12.4. The first-order chi connectivity index (χ1) is 10.1. The summed E-state index contributed by atoms with van der Waals surface area (Å²) in [6.45, 7) is 5.12. The predicted octanol–water partition coefficient (Wildman–Crippen LogP) is 0.898. The van der Waals surface area contributed by atoms with Gasteiger partial charge in [-0.1, -0.05) is 19.9 Å². The topological polar surface area (TPSA) is 103 Å². The van der Waals surface area contributed by atoms with Crippen molar-refractivity contribution in [3.8, 4) is 0 Å². The maximum Gasteiger partial charge on any atom is 0.322 e. The molecular formula is C14H20N4O3. The fourth-order valence-corrected chi connectivity index (χ4v) is 1.61. The summed E-state index contributed by atoms with van der Waals surface area (Å²) in [6, 6.07) is 6.77. The third-order valence-corrected chi connectivity index (χ3v) is 2.46. The van der Waals surface area contributed by atoms with E-state index in [0.29, 0.717) is 11.5 Å². The van der Waals surface area contributed by atoms with Crippen LogP contribution in [0.5, 0.6) is 0 Å². The lowest BCUT2D eigenvalue weighted by atomic mass is 10.2. The van der Waals surface area contributed by atoms with Crippen molar-refractivity contribution in [3.63, 3.8) is 0 Å². The third-order valence-electron chi connectivity index (χ3n) is 2.46. The number of hydrogen-bond acceptors (Lipinski definition) is 5. The van der Waals surface area contributed by atoms with E-state index in [2.05, 4.69) is 20.9 Å². The van der Waals surface area contributed by atoms with Gasteiger partial charge in [0.2, 0.25) is 0 Å². The highest BCUT2D eigenvalue weighted by molar-refractivity contribution is 5.99. The van der Waals surface area contributed by atoms with E-state index in [0.717, 1.165) is 18.8 Å². The maximum atomic E-state index is 11.7. The monoisotopic (exact) mass is 292 g/mol. The van der Waals surface area contributed by atoms with Crippen LogP contribution < -0.4 is 16.0 Å². The number of aliphatic carboxylic acids is 1. The summed E-state index contributed by atoms with van der Waals surface area (Å²) in [7, 11) is 0. The number of carbonyl (C=O) groups is 2. The molecule has 0 saturated heterocycles. The van der Waals surface area contributed by atoms with Gasteiger partial charge in [0, 0.05) is 17.8 Å². The molecule has 1 aliphatic heterocycles. The first kappa shape index (κ1) is 16.5. The van der Waals surface area contributed by atoms with Gasteiger partial charge in [-0.2, -0.15) is 0 Å². The summed E-state index contributed by atoms with van der Waals surface area (Å²) in [6.07, 6.45) is 0. The van der Waals surface area contributed by atoms with Crippen LogP contribution in [0, 0.1) is 0 Å². The van der Waals surface area contributed by atoms with Gasteiger partial charge in [-0.25, -0.2) is 0 Å². The van der Waals surface area contributed by atoms with Crippen LogP contribution in [0.3, 0.4) is 0 Å². The Hall–Kier alpha value is -2.57. The fraction of sp³-hybridized carbons (Fsp3) is 0.357. The van der Waals surface area contributed by atoms with Crippen molar-refractivity contribution in [1.82, 2.24) is 10.6 Å². The zero-order chi connectivity index (χ0) is 15.7. The van der Waals surface area contributed by atoms with Crippen LogP contribution in [0.15, 0.2) is 29.3 Å². The Kier molecular flexibility index (Phi) is 6.73. The number of rotatable bonds is 4. The van der Waals surface area contributed by atoms with Crippen LogP contribution in [-0.4, -0.2) is 42.6 Å². The number of carbonyl (C=O) groups excluding carboxylic acids is 1. The molecule has 0 radical (unpaired) electrons. The van der Waals surface area contributed by atoms with Crippen LogP contribution >= 0.6 is 0 Å². The Balaban J connectivity index is 0.00000106. The highest BCUT2D eigenvalue weighted by Gasteiger charge is 2.09. The SMILES string of the molecule is CC.O=C(O)CNC(=O)c1cccc(NC2=NCCN2)c1. The second kappa shape index (κ2) is 8.57. The molecule has 1 aliphatic rings. The van der Waals surface area contributed by atoms with E-state index in [4.69, 9.17) is 5.11 Å². The molecule has 7 nitrogen and oxygen atoms in total. The second-order valence-corrected chi connectivity index (χ2v) is 3.94. The van der Waals surface area contributed by atoms with E-state index >= 15 is 0 Å².